The van der Waals surface area contributed by atoms with E-state index in [1.54, 1.807) is 23.9 Å². The van der Waals surface area contributed by atoms with Gasteiger partial charge in [0, 0.05) is 24.2 Å². The number of hydrogen-bond acceptors (Lipinski definition) is 5. The van der Waals surface area contributed by atoms with Crippen LogP contribution in [0, 0.1) is 6.92 Å². The van der Waals surface area contributed by atoms with Gasteiger partial charge >= 0.3 is 0 Å². The lowest BCUT2D eigenvalue weighted by Crippen LogP contribution is -2.14. The van der Waals surface area contributed by atoms with Gasteiger partial charge in [0.25, 0.3) is 0 Å². The summed E-state index contributed by atoms with van der Waals surface area (Å²) in [5.74, 6) is 0.571. The average Bonchev–Trinajstić information content (AvgIpc) is 2.97. The second-order valence-corrected chi connectivity index (χ2v) is 7.48. The van der Waals surface area contributed by atoms with E-state index in [2.05, 4.69) is 10.3 Å². The van der Waals surface area contributed by atoms with Crippen LogP contribution in [0.4, 0.5) is 0 Å². The van der Waals surface area contributed by atoms with E-state index in [4.69, 9.17) is 4.52 Å². The zero-order valence-electron chi connectivity index (χ0n) is 12.8. The molecule has 2 aromatic heterocycles. The van der Waals surface area contributed by atoms with Gasteiger partial charge in [0.1, 0.15) is 5.76 Å². The summed E-state index contributed by atoms with van der Waals surface area (Å²) in [6.45, 7) is 7.64. The van der Waals surface area contributed by atoms with E-state index in [1.165, 1.54) is 0 Å². The SMILES string of the molecule is CCc1onc(C)c1CS(=O)(=O)Cc1ccnn1C(C)C. The van der Waals surface area contributed by atoms with E-state index in [9.17, 15) is 8.42 Å². The molecule has 0 bridgehead atoms. The third-order valence-corrected chi connectivity index (χ3v) is 4.82. The Morgan fingerprint density at radius 3 is 2.67 bits per heavy atom. The molecule has 0 saturated heterocycles. The van der Waals surface area contributed by atoms with Crippen molar-refractivity contribution in [1.29, 1.82) is 0 Å². The summed E-state index contributed by atoms with van der Waals surface area (Å²) >= 11 is 0. The summed E-state index contributed by atoms with van der Waals surface area (Å²) in [5, 5.41) is 8.03. The van der Waals surface area contributed by atoms with Crippen LogP contribution in [-0.2, 0) is 27.8 Å². The van der Waals surface area contributed by atoms with Crippen LogP contribution in [0.25, 0.3) is 0 Å². The minimum Gasteiger partial charge on any atom is -0.361 e. The molecule has 0 spiro atoms. The van der Waals surface area contributed by atoms with E-state index >= 15 is 0 Å². The van der Waals surface area contributed by atoms with Crippen LogP contribution < -0.4 is 0 Å². The molecule has 21 heavy (non-hydrogen) atoms. The fourth-order valence-electron chi connectivity index (χ4n) is 2.32. The highest BCUT2D eigenvalue weighted by molar-refractivity contribution is 7.89. The van der Waals surface area contributed by atoms with E-state index in [1.807, 2.05) is 20.8 Å². The summed E-state index contributed by atoms with van der Waals surface area (Å²) in [5.41, 5.74) is 2.04. The zero-order valence-corrected chi connectivity index (χ0v) is 13.6. The minimum atomic E-state index is -3.30. The molecule has 0 aliphatic heterocycles. The fourth-order valence-corrected chi connectivity index (χ4v) is 3.91. The first-order chi connectivity index (χ1) is 9.84. The maximum Gasteiger partial charge on any atom is 0.160 e. The Bertz CT molecular complexity index is 714. The first-order valence-corrected chi connectivity index (χ1v) is 8.83. The molecule has 6 nitrogen and oxygen atoms in total. The third-order valence-electron chi connectivity index (χ3n) is 3.36. The number of rotatable bonds is 6. The molecular weight excluding hydrogens is 290 g/mol. The van der Waals surface area contributed by atoms with E-state index < -0.39 is 9.84 Å². The summed E-state index contributed by atoms with van der Waals surface area (Å²) in [4.78, 5) is 0. The molecule has 0 aliphatic carbocycles. The van der Waals surface area contributed by atoms with Gasteiger partial charge < -0.3 is 4.52 Å². The van der Waals surface area contributed by atoms with Crippen LogP contribution in [0.1, 0.15) is 49.5 Å². The number of aromatic nitrogens is 3. The first-order valence-electron chi connectivity index (χ1n) is 7.01. The standard InChI is InChI=1S/C14H21N3O3S/c1-5-14-13(11(4)16-20-14)9-21(18,19)8-12-6-7-15-17(12)10(2)3/h6-7,10H,5,8-9H2,1-4H3. The first kappa shape index (κ1) is 15.8. The molecule has 0 fully saturated rings. The lowest BCUT2D eigenvalue weighted by atomic mass is 10.2. The van der Waals surface area contributed by atoms with Gasteiger partial charge in [-0.25, -0.2) is 8.42 Å². The molecule has 2 aromatic rings. The van der Waals surface area contributed by atoms with Crippen molar-refractivity contribution in [2.24, 2.45) is 0 Å². The molecule has 0 N–H and O–H groups in total. The molecule has 0 aromatic carbocycles. The van der Waals surface area contributed by atoms with Crippen molar-refractivity contribution in [3.05, 3.63) is 35.0 Å². The summed E-state index contributed by atoms with van der Waals surface area (Å²) in [6.07, 6.45) is 2.27. The zero-order chi connectivity index (χ0) is 15.6. The lowest BCUT2D eigenvalue weighted by molar-refractivity contribution is 0.382. The normalized spacial score (nSPS) is 12.2. The molecule has 0 saturated carbocycles. The smallest absolute Gasteiger partial charge is 0.160 e. The number of nitrogens with zero attached hydrogens (tertiary/aromatic N) is 3. The fraction of sp³-hybridized carbons (Fsp3) is 0.571. The summed E-state index contributed by atoms with van der Waals surface area (Å²) in [7, 11) is -3.30. The van der Waals surface area contributed by atoms with Crippen molar-refractivity contribution in [3.63, 3.8) is 0 Å². The predicted octanol–water partition coefficient (Wildman–Crippen LogP) is 2.44. The molecule has 116 valence electrons. The average molecular weight is 311 g/mol. The van der Waals surface area contributed by atoms with Crippen LogP contribution in [0.2, 0.25) is 0 Å². The highest BCUT2D eigenvalue weighted by Gasteiger charge is 2.22. The summed E-state index contributed by atoms with van der Waals surface area (Å²) in [6, 6.07) is 1.88. The van der Waals surface area contributed by atoms with Crippen LogP contribution in [0.15, 0.2) is 16.8 Å². The predicted molar refractivity (Wildman–Crippen MR) is 79.6 cm³/mol. The van der Waals surface area contributed by atoms with Gasteiger partial charge in [0.15, 0.2) is 9.84 Å². The van der Waals surface area contributed by atoms with Gasteiger partial charge in [-0.15, -0.1) is 0 Å². The Kier molecular flexibility index (Phi) is 4.51. The van der Waals surface area contributed by atoms with Gasteiger partial charge in [0.2, 0.25) is 0 Å². The maximum absolute atomic E-state index is 12.4. The number of hydrogen-bond donors (Lipinski definition) is 0. The Morgan fingerprint density at radius 1 is 1.33 bits per heavy atom. The van der Waals surface area contributed by atoms with Crippen molar-refractivity contribution in [2.45, 2.75) is 51.7 Å². The Hall–Kier alpha value is -1.63. The quantitative estimate of drug-likeness (QED) is 0.818. The molecule has 0 atom stereocenters. The Balaban J connectivity index is 2.23. The maximum atomic E-state index is 12.4. The highest BCUT2D eigenvalue weighted by Crippen LogP contribution is 2.20. The van der Waals surface area contributed by atoms with E-state index in [0.29, 0.717) is 29.1 Å². The van der Waals surface area contributed by atoms with Crippen LogP contribution >= 0.6 is 0 Å². The highest BCUT2D eigenvalue weighted by atomic mass is 32.2. The Morgan fingerprint density at radius 2 is 2.05 bits per heavy atom. The van der Waals surface area contributed by atoms with Crippen LogP contribution in [0.3, 0.4) is 0 Å². The van der Waals surface area contributed by atoms with Gasteiger partial charge in [0.05, 0.1) is 22.9 Å². The molecule has 0 aliphatic rings. The number of aryl methyl sites for hydroxylation is 2. The van der Waals surface area contributed by atoms with Crippen molar-refractivity contribution < 1.29 is 12.9 Å². The Labute approximate surface area is 125 Å². The second kappa shape index (κ2) is 6.01. The van der Waals surface area contributed by atoms with Crippen LogP contribution in [-0.4, -0.2) is 23.4 Å². The second-order valence-electron chi connectivity index (χ2n) is 5.42. The molecule has 7 heteroatoms. The number of sulfone groups is 1. The monoisotopic (exact) mass is 311 g/mol. The van der Waals surface area contributed by atoms with Crippen molar-refractivity contribution >= 4 is 9.84 Å². The van der Waals surface area contributed by atoms with Gasteiger partial charge in [-0.05, 0) is 26.8 Å². The topological polar surface area (TPSA) is 78.0 Å². The van der Waals surface area contributed by atoms with E-state index in [-0.39, 0.29) is 17.5 Å². The van der Waals surface area contributed by atoms with Crippen LogP contribution in [0.5, 0.6) is 0 Å². The summed E-state index contributed by atoms with van der Waals surface area (Å²) < 4.78 is 31.8. The van der Waals surface area contributed by atoms with Crippen molar-refractivity contribution in [1.82, 2.24) is 14.9 Å². The van der Waals surface area contributed by atoms with Gasteiger partial charge in [-0.2, -0.15) is 5.10 Å². The molecule has 2 heterocycles. The van der Waals surface area contributed by atoms with Gasteiger partial charge in [-0.1, -0.05) is 12.1 Å². The third kappa shape index (κ3) is 3.53. The molecule has 2 rings (SSSR count). The molecular formula is C14H21N3O3S. The molecule has 0 amide bonds. The molecule has 0 unspecified atom stereocenters. The van der Waals surface area contributed by atoms with Crippen molar-refractivity contribution in [3.8, 4) is 0 Å². The molecule has 0 radical (unpaired) electrons. The van der Waals surface area contributed by atoms with Gasteiger partial charge in [-0.3, -0.25) is 4.68 Å². The largest absolute Gasteiger partial charge is 0.361 e. The lowest BCUT2D eigenvalue weighted by Gasteiger charge is -2.11. The van der Waals surface area contributed by atoms with Crippen molar-refractivity contribution in [2.75, 3.05) is 0 Å². The van der Waals surface area contributed by atoms with E-state index in [0.717, 1.165) is 0 Å². The minimum absolute atomic E-state index is 0.0288.